The normalized spacial score (nSPS) is 12.6. The topological polar surface area (TPSA) is 95.9 Å². The number of esters is 1. The van der Waals surface area contributed by atoms with Crippen LogP contribution in [0.5, 0.6) is 0 Å². The Bertz CT molecular complexity index is 1320. The van der Waals surface area contributed by atoms with Gasteiger partial charge in [0.2, 0.25) is 5.91 Å². The second-order valence-electron chi connectivity index (χ2n) is 26.7. The molecule has 0 saturated carbocycles. The summed E-state index contributed by atoms with van der Waals surface area (Å²) in [6.07, 6.45) is 94.2. The third-order valence-electron chi connectivity index (χ3n) is 18.2. The molecule has 0 aliphatic heterocycles. The second kappa shape index (κ2) is 73.8. The average molecular weight is 1180 g/mol. The highest BCUT2D eigenvalue weighted by Gasteiger charge is 2.18. The minimum absolute atomic E-state index is 0.0190. The van der Waals surface area contributed by atoms with Crippen molar-refractivity contribution in [3.63, 3.8) is 0 Å². The summed E-state index contributed by atoms with van der Waals surface area (Å²) in [5.74, 6) is -0.0472. The van der Waals surface area contributed by atoms with Crippen LogP contribution >= 0.6 is 0 Å². The van der Waals surface area contributed by atoms with Gasteiger partial charge in [0.05, 0.1) is 25.4 Å². The van der Waals surface area contributed by atoms with Gasteiger partial charge in [0.25, 0.3) is 0 Å². The molecule has 3 N–H and O–H groups in total. The SMILES string of the molecule is CCCCCCCCCCCCCCCCCCCCCCC/C=C/C(O)C(CO)NC(=O)CCCCCCCCCCC/C=C\CCCCCCCCCCCCCCOC(=O)CCCCCCCCCCCCCCCCCCCCC. The van der Waals surface area contributed by atoms with Crippen LogP contribution in [0.25, 0.3) is 0 Å². The van der Waals surface area contributed by atoms with Crippen molar-refractivity contribution in [2.75, 3.05) is 13.2 Å². The van der Waals surface area contributed by atoms with E-state index in [1.54, 1.807) is 6.08 Å². The van der Waals surface area contributed by atoms with Crippen molar-refractivity contribution in [2.24, 2.45) is 0 Å². The molecule has 6 nitrogen and oxygen atoms in total. The smallest absolute Gasteiger partial charge is 0.305 e. The molecule has 0 aromatic rings. The van der Waals surface area contributed by atoms with Crippen molar-refractivity contribution in [2.45, 2.75) is 450 Å². The minimum Gasteiger partial charge on any atom is -0.466 e. The van der Waals surface area contributed by atoms with Crippen molar-refractivity contribution in [1.29, 1.82) is 0 Å². The van der Waals surface area contributed by atoms with Gasteiger partial charge in [-0.2, -0.15) is 0 Å². The van der Waals surface area contributed by atoms with Crippen LogP contribution in [0.3, 0.4) is 0 Å². The molecule has 0 fully saturated rings. The van der Waals surface area contributed by atoms with E-state index in [4.69, 9.17) is 4.74 Å². The number of aliphatic hydroxyl groups is 2. The molecule has 0 aromatic carbocycles. The zero-order chi connectivity index (χ0) is 60.6. The van der Waals surface area contributed by atoms with Gasteiger partial charge in [-0.15, -0.1) is 0 Å². The number of carbonyl (C=O) groups excluding carboxylic acids is 2. The van der Waals surface area contributed by atoms with E-state index in [0.29, 0.717) is 19.4 Å². The van der Waals surface area contributed by atoms with Crippen LogP contribution in [-0.2, 0) is 14.3 Å². The summed E-state index contributed by atoms with van der Waals surface area (Å²) in [4.78, 5) is 24.7. The maximum absolute atomic E-state index is 12.5. The van der Waals surface area contributed by atoms with Crippen molar-refractivity contribution in [3.05, 3.63) is 24.3 Å². The molecule has 0 bridgehead atoms. The van der Waals surface area contributed by atoms with Crippen LogP contribution in [-0.4, -0.2) is 47.4 Å². The van der Waals surface area contributed by atoms with Crippen molar-refractivity contribution >= 4 is 11.9 Å². The highest BCUT2D eigenvalue weighted by Crippen LogP contribution is 2.20. The predicted octanol–water partition coefficient (Wildman–Crippen LogP) is 25.3. The Hall–Kier alpha value is -1.66. The van der Waals surface area contributed by atoms with Crippen molar-refractivity contribution in [1.82, 2.24) is 5.32 Å². The Labute approximate surface area is 526 Å². The number of hydrogen-bond acceptors (Lipinski definition) is 5. The van der Waals surface area contributed by atoms with E-state index in [0.717, 1.165) is 38.5 Å². The third kappa shape index (κ3) is 69.4. The molecule has 498 valence electrons. The molecule has 0 aliphatic rings. The number of hydrogen-bond donors (Lipinski definition) is 3. The van der Waals surface area contributed by atoms with Gasteiger partial charge in [0.1, 0.15) is 0 Å². The highest BCUT2D eigenvalue weighted by molar-refractivity contribution is 5.76. The average Bonchev–Trinajstić information content (AvgIpc) is 3.51. The van der Waals surface area contributed by atoms with Gasteiger partial charge in [-0.05, 0) is 57.8 Å². The number of unbranched alkanes of at least 4 members (excludes halogenated alkanes) is 60. The molecule has 2 atom stereocenters. The fourth-order valence-electron chi connectivity index (χ4n) is 12.3. The van der Waals surface area contributed by atoms with Crippen molar-refractivity contribution in [3.8, 4) is 0 Å². The molecule has 0 rings (SSSR count). The molecular weight excluding hydrogens is 1030 g/mol. The van der Waals surface area contributed by atoms with Gasteiger partial charge in [-0.25, -0.2) is 0 Å². The number of nitrogens with one attached hydrogen (secondary N) is 1. The molecule has 0 spiro atoms. The number of rotatable bonds is 73. The Morgan fingerprint density at radius 1 is 0.321 bits per heavy atom. The Morgan fingerprint density at radius 2 is 0.560 bits per heavy atom. The van der Waals surface area contributed by atoms with E-state index < -0.39 is 12.1 Å². The van der Waals surface area contributed by atoms with Gasteiger partial charge in [-0.3, -0.25) is 9.59 Å². The maximum atomic E-state index is 12.5. The Kier molecular flexibility index (Phi) is 72.3. The lowest BCUT2D eigenvalue weighted by Gasteiger charge is -2.20. The first-order valence-corrected chi connectivity index (χ1v) is 38.6. The Balaban J connectivity index is 3.40. The van der Waals surface area contributed by atoms with E-state index >= 15 is 0 Å². The van der Waals surface area contributed by atoms with Gasteiger partial charge < -0.3 is 20.3 Å². The highest BCUT2D eigenvalue weighted by atomic mass is 16.5. The summed E-state index contributed by atoms with van der Waals surface area (Å²) in [6.45, 7) is 4.96. The third-order valence-corrected chi connectivity index (χ3v) is 18.2. The van der Waals surface area contributed by atoms with E-state index in [1.807, 2.05) is 6.08 Å². The standard InChI is InChI=1S/C78H151NO5/c1-3-5-7-9-11-13-15-17-19-21-23-24-28-31-35-38-42-46-50-54-58-62-66-70-76(81)75(74-80)79-77(82)71-67-63-59-55-51-47-43-39-36-32-29-26-25-27-30-33-37-41-45-49-53-57-61-65-69-73-84-78(83)72-68-64-60-56-52-48-44-40-34-22-20-18-16-14-12-10-8-6-4-2/h26,29,66,70,75-76,80-81H,3-25,27-28,30-65,67-69,71-74H2,1-2H3,(H,79,82)/b29-26-,70-66+. The van der Waals surface area contributed by atoms with Crippen LogP contribution in [0.15, 0.2) is 24.3 Å². The largest absolute Gasteiger partial charge is 0.466 e. The van der Waals surface area contributed by atoms with Crippen molar-refractivity contribution < 1.29 is 24.5 Å². The summed E-state index contributed by atoms with van der Waals surface area (Å²) in [6, 6.07) is -0.631. The number of carbonyl (C=O) groups is 2. The van der Waals surface area contributed by atoms with Gasteiger partial charge >= 0.3 is 5.97 Å². The lowest BCUT2D eigenvalue weighted by molar-refractivity contribution is -0.143. The lowest BCUT2D eigenvalue weighted by Crippen LogP contribution is -2.45. The van der Waals surface area contributed by atoms with Crippen LogP contribution in [0.2, 0.25) is 0 Å². The Morgan fingerprint density at radius 3 is 0.845 bits per heavy atom. The molecule has 0 aliphatic carbocycles. The van der Waals surface area contributed by atoms with Crippen LogP contribution in [0.1, 0.15) is 438 Å². The summed E-state index contributed by atoms with van der Waals surface area (Å²) < 4.78 is 5.52. The predicted molar refractivity (Wildman–Crippen MR) is 370 cm³/mol. The molecule has 1 amide bonds. The molecule has 0 radical (unpaired) electrons. The molecular formula is C78H151NO5. The van der Waals surface area contributed by atoms with Gasteiger partial charge in [0.15, 0.2) is 0 Å². The number of aliphatic hydroxyl groups excluding tert-OH is 2. The first-order chi connectivity index (χ1) is 41.5. The maximum Gasteiger partial charge on any atom is 0.305 e. The van der Waals surface area contributed by atoms with E-state index in [-0.39, 0.29) is 18.5 Å². The zero-order valence-electron chi connectivity index (χ0n) is 57.2. The van der Waals surface area contributed by atoms with Crippen LogP contribution in [0, 0.1) is 0 Å². The monoisotopic (exact) mass is 1180 g/mol. The fourth-order valence-corrected chi connectivity index (χ4v) is 12.3. The molecule has 0 saturated heterocycles. The number of allylic oxidation sites excluding steroid dienone is 3. The van der Waals surface area contributed by atoms with E-state index in [2.05, 4.69) is 31.3 Å². The molecule has 2 unspecified atom stereocenters. The summed E-state index contributed by atoms with van der Waals surface area (Å²) in [5.41, 5.74) is 0. The quantitative estimate of drug-likeness (QED) is 0.0320. The molecule has 84 heavy (non-hydrogen) atoms. The number of amides is 1. The van der Waals surface area contributed by atoms with Crippen LogP contribution < -0.4 is 5.32 Å². The zero-order valence-corrected chi connectivity index (χ0v) is 57.2. The van der Waals surface area contributed by atoms with Crippen LogP contribution in [0.4, 0.5) is 0 Å². The van der Waals surface area contributed by atoms with Gasteiger partial charge in [0, 0.05) is 12.8 Å². The van der Waals surface area contributed by atoms with Gasteiger partial charge in [-0.1, -0.05) is 391 Å². The second-order valence-corrected chi connectivity index (χ2v) is 26.7. The lowest BCUT2D eigenvalue weighted by atomic mass is 10.0. The first-order valence-electron chi connectivity index (χ1n) is 38.6. The van der Waals surface area contributed by atoms with E-state index in [9.17, 15) is 19.8 Å². The summed E-state index contributed by atoms with van der Waals surface area (Å²) in [5, 5.41) is 23.3. The summed E-state index contributed by atoms with van der Waals surface area (Å²) >= 11 is 0. The molecule has 0 heterocycles. The number of ether oxygens (including phenoxy) is 1. The summed E-state index contributed by atoms with van der Waals surface area (Å²) in [7, 11) is 0. The molecule has 6 heteroatoms. The fraction of sp³-hybridized carbons (Fsp3) is 0.923. The van der Waals surface area contributed by atoms with E-state index in [1.165, 1.54) is 372 Å². The first kappa shape index (κ1) is 82.3. The minimum atomic E-state index is -0.848. The molecule has 0 aromatic heterocycles.